The lowest BCUT2D eigenvalue weighted by Gasteiger charge is -2.24. The Balaban J connectivity index is 2.36. The Morgan fingerprint density at radius 2 is 2.40 bits per heavy atom. The molecule has 0 atom stereocenters. The lowest BCUT2D eigenvalue weighted by molar-refractivity contribution is 0.821. The van der Waals surface area contributed by atoms with Crippen LogP contribution in [-0.2, 0) is 0 Å². The molecule has 0 amide bonds. The van der Waals surface area contributed by atoms with Crippen LogP contribution in [0.25, 0.3) is 0 Å². The van der Waals surface area contributed by atoms with Crippen molar-refractivity contribution < 1.29 is 0 Å². The molecule has 1 saturated carbocycles. The quantitative estimate of drug-likeness (QED) is 0.574. The third-order valence-electron chi connectivity index (χ3n) is 2.68. The smallest absolute Gasteiger partial charge is 0.143 e. The zero-order valence-corrected chi connectivity index (χ0v) is 8.90. The van der Waals surface area contributed by atoms with Crippen molar-refractivity contribution in [2.75, 3.05) is 11.4 Å². The Hall–Kier alpha value is -1.58. The highest BCUT2D eigenvalue weighted by molar-refractivity contribution is 5.98. The van der Waals surface area contributed by atoms with Crippen LogP contribution in [0.15, 0.2) is 18.3 Å². The van der Waals surface area contributed by atoms with Crippen molar-refractivity contribution in [3.63, 3.8) is 0 Å². The number of nitrogens with zero attached hydrogens (tertiary/aromatic N) is 2. The minimum Gasteiger partial charge on any atom is -0.382 e. The second-order valence-electron chi connectivity index (χ2n) is 3.80. The van der Waals surface area contributed by atoms with Gasteiger partial charge in [-0.25, -0.2) is 0 Å². The number of nitrogens with one attached hydrogen (secondary N) is 1. The first-order chi connectivity index (χ1) is 7.24. The molecule has 0 spiro atoms. The van der Waals surface area contributed by atoms with Gasteiger partial charge in [-0.3, -0.25) is 10.4 Å². The van der Waals surface area contributed by atoms with Gasteiger partial charge in [0.25, 0.3) is 0 Å². The first-order valence-electron chi connectivity index (χ1n) is 5.30. The van der Waals surface area contributed by atoms with Crippen molar-refractivity contribution >= 4 is 11.5 Å². The van der Waals surface area contributed by atoms with Crippen LogP contribution >= 0.6 is 0 Å². The van der Waals surface area contributed by atoms with Gasteiger partial charge in [0, 0.05) is 18.8 Å². The normalized spacial score (nSPS) is 15.0. The third-order valence-corrected chi connectivity index (χ3v) is 2.68. The van der Waals surface area contributed by atoms with E-state index in [9.17, 15) is 0 Å². The summed E-state index contributed by atoms with van der Waals surface area (Å²) in [7, 11) is 0. The average molecular weight is 204 g/mol. The van der Waals surface area contributed by atoms with Crippen LogP contribution in [0.4, 0.5) is 5.69 Å². The molecule has 4 heteroatoms. The zero-order valence-electron chi connectivity index (χ0n) is 8.90. The average Bonchev–Trinajstić information content (AvgIpc) is 3.04. The van der Waals surface area contributed by atoms with E-state index in [0.29, 0.717) is 11.7 Å². The minimum absolute atomic E-state index is 0.0460. The molecular weight excluding hydrogens is 188 g/mol. The second kappa shape index (κ2) is 3.88. The summed E-state index contributed by atoms with van der Waals surface area (Å²) in [5, 5.41) is 7.49. The van der Waals surface area contributed by atoms with E-state index in [1.807, 2.05) is 12.1 Å². The number of pyridine rings is 1. The van der Waals surface area contributed by atoms with Gasteiger partial charge in [-0.2, -0.15) is 0 Å². The Bertz CT molecular complexity index is 371. The van der Waals surface area contributed by atoms with E-state index in [-0.39, 0.29) is 5.84 Å². The Morgan fingerprint density at radius 1 is 1.67 bits per heavy atom. The van der Waals surface area contributed by atoms with Gasteiger partial charge in [0.15, 0.2) is 0 Å². The lowest BCUT2D eigenvalue weighted by atomic mass is 10.2. The Labute approximate surface area is 89.6 Å². The van der Waals surface area contributed by atoms with Gasteiger partial charge >= 0.3 is 0 Å². The standard InChI is InChI=1S/C11H16N4/c1-2-15(8-5-6-8)9-4-3-7-14-10(9)11(12)13/h3-4,7-8H,2,5-6H2,1H3,(H3,12,13). The van der Waals surface area contributed by atoms with E-state index < -0.39 is 0 Å². The summed E-state index contributed by atoms with van der Waals surface area (Å²) in [6.45, 7) is 3.06. The fourth-order valence-electron chi connectivity index (χ4n) is 1.85. The number of aromatic nitrogens is 1. The van der Waals surface area contributed by atoms with Gasteiger partial charge in [-0.15, -0.1) is 0 Å². The Morgan fingerprint density at radius 3 is 2.93 bits per heavy atom. The number of amidine groups is 1. The number of nitrogen functional groups attached to an aromatic ring is 1. The highest BCUT2D eigenvalue weighted by atomic mass is 15.2. The molecule has 15 heavy (non-hydrogen) atoms. The van der Waals surface area contributed by atoms with Crippen LogP contribution in [0, 0.1) is 5.41 Å². The van der Waals surface area contributed by atoms with Crippen LogP contribution in [-0.4, -0.2) is 23.4 Å². The van der Waals surface area contributed by atoms with Crippen molar-refractivity contribution in [2.45, 2.75) is 25.8 Å². The first kappa shape index (κ1) is 9.96. The summed E-state index contributed by atoms with van der Waals surface area (Å²) >= 11 is 0. The molecule has 1 aromatic heterocycles. The fourth-order valence-corrected chi connectivity index (χ4v) is 1.85. The first-order valence-corrected chi connectivity index (χ1v) is 5.30. The zero-order chi connectivity index (χ0) is 10.8. The van der Waals surface area contributed by atoms with Gasteiger partial charge in [-0.05, 0) is 31.9 Å². The molecule has 1 aromatic rings. The molecule has 1 aliphatic carbocycles. The van der Waals surface area contributed by atoms with E-state index in [1.54, 1.807) is 6.20 Å². The topological polar surface area (TPSA) is 66.0 Å². The van der Waals surface area contributed by atoms with Crippen molar-refractivity contribution in [1.29, 1.82) is 5.41 Å². The summed E-state index contributed by atoms with van der Waals surface area (Å²) in [5.74, 6) is 0.0460. The van der Waals surface area contributed by atoms with Gasteiger partial charge in [-0.1, -0.05) is 0 Å². The molecule has 0 bridgehead atoms. The lowest BCUT2D eigenvalue weighted by Crippen LogP contribution is -2.28. The van der Waals surface area contributed by atoms with Crippen LogP contribution < -0.4 is 10.6 Å². The summed E-state index contributed by atoms with van der Waals surface area (Å²) in [6, 6.07) is 4.51. The maximum atomic E-state index is 7.49. The molecule has 3 N–H and O–H groups in total. The van der Waals surface area contributed by atoms with Gasteiger partial charge in [0.05, 0.1) is 5.69 Å². The van der Waals surface area contributed by atoms with Crippen molar-refractivity contribution in [2.24, 2.45) is 5.73 Å². The highest BCUT2D eigenvalue weighted by Gasteiger charge is 2.29. The van der Waals surface area contributed by atoms with E-state index >= 15 is 0 Å². The molecule has 4 nitrogen and oxygen atoms in total. The predicted molar refractivity (Wildman–Crippen MR) is 61.3 cm³/mol. The van der Waals surface area contributed by atoms with Gasteiger partial charge in [0.1, 0.15) is 11.5 Å². The van der Waals surface area contributed by atoms with Crippen molar-refractivity contribution in [3.05, 3.63) is 24.0 Å². The number of hydrogen-bond acceptors (Lipinski definition) is 3. The molecule has 1 aliphatic rings. The van der Waals surface area contributed by atoms with Crippen LogP contribution in [0.2, 0.25) is 0 Å². The summed E-state index contributed by atoms with van der Waals surface area (Å²) in [4.78, 5) is 6.45. The third kappa shape index (κ3) is 1.93. The molecular formula is C11H16N4. The van der Waals surface area contributed by atoms with Gasteiger partial charge < -0.3 is 10.6 Å². The molecule has 80 valence electrons. The molecule has 1 heterocycles. The number of nitrogens with two attached hydrogens (primary N) is 1. The molecule has 1 fully saturated rings. The molecule has 0 aromatic carbocycles. The Kier molecular flexibility index (Phi) is 2.58. The monoisotopic (exact) mass is 204 g/mol. The summed E-state index contributed by atoms with van der Waals surface area (Å²) < 4.78 is 0. The second-order valence-corrected chi connectivity index (χ2v) is 3.80. The molecule has 0 aliphatic heterocycles. The molecule has 0 saturated heterocycles. The van der Waals surface area contributed by atoms with E-state index in [2.05, 4.69) is 16.8 Å². The number of hydrogen-bond donors (Lipinski definition) is 2. The van der Waals surface area contributed by atoms with Crippen LogP contribution in [0.1, 0.15) is 25.5 Å². The van der Waals surface area contributed by atoms with Crippen LogP contribution in [0.5, 0.6) is 0 Å². The van der Waals surface area contributed by atoms with Crippen molar-refractivity contribution in [3.8, 4) is 0 Å². The SMILES string of the molecule is CCN(c1cccnc1C(=N)N)C1CC1. The van der Waals surface area contributed by atoms with E-state index in [1.165, 1.54) is 12.8 Å². The maximum Gasteiger partial charge on any atom is 0.143 e. The van der Waals surface area contributed by atoms with E-state index in [0.717, 1.165) is 12.2 Å². The molecule has 2 rings (SSSR count). The predicted octanol–water partition coefficient (Wildman–Crippen LogP) is 1.35. The van der Waals surface area contributed by atoms with Gasteiger partial charge in [0.2, 0.25) is 0 Å². The summed E-state index contributed by atoms with van der Waals surface area (Å²) in [5.41, 5.74) is 7.12. The van der Waals surface area contributed by atoms with Crippen molar-refractivity contribution in [1.82, 2.24) is 4.98 Å². The van der Waals surface area contributed by atoms with Crippen LogP contribution in [0.3, 0.4) is 0 Å². The number of anilines is 1. The van der Waals surface area contributed by atoms with E-state index in [4.69, 9.17) is 11.1 Å². The summed E-state index contributed by atoms with van der Waals surface area (Å²) in [6.07, 6.45) is 4.15. The minimum atomic E-state index is 0.0460. The number of rotatable bonds is 4. The largest absolute Gasteiger partial charge is 0.382 e. The maximum absolute atomic E-state index is 7.49. The fraction of sp³-hybridized carbons (Fsp3) is 0.455. The molecule has 0 unspecified atom stereocenters. The molecule has 0 radical (unpaired) electrons. The highest BCUT2D eigenvalue weighted by Crippen LogP contribution is 2.32.